The Balaban J connectivity index is 2.05. The van der Waals surface area contributed by atoms with Crippen molar-refractivity contribution in [3.05, 3.63) is 28.2 Å². The minimum atomic E-state index is 0.254. The van der Waals surface area contributed by atoms with Crippen molar-refractivity contribution in [3.8, 4) is 5.75 Å². The predicted molar refractivity (Wildman–Crippen MR) is 71.3 cm³/mol. The van der Waals surface area contributed by atoms with Gasteiger partial charge in [-0.25, -0.2) is 0 Å². The van der Waals surface area contributed by atoms with E-state index in [1.807, 2.05) is 6.07 Å². The maximum Gasteiger partial charge on any atom is 0.133 e. The van der Waals surface area contributed by atoms with Gasteiger partial charge in [-0.05, 0) is 46.5 Å². The number of hydrogen-bond donors (Lipinski definition) is 1. The molecule has 2 atom stereocenters. The lowest BCUT2D eigenvalue weighted by atomic mass is 9.90. The highest BCUT2D eigenvalue weighted by Crippen LogP contribution is 2.27. The van der Waals surface area contributed by atoms with E-state index in [-0.39, 0.29) is 6.04 Å². The molecular weight excluding hydrogens is 282 g/mol. The highest BCUT2D eigenvalue weighted by molar-refractivity contribution is 9.10. The number of ether oxygens (including phenoxy) is 2. The normalized spacial score (nSPS) is 24.6. The molecule has 1 aliphatic heterocycles. The van der Waals surface area contributed by atoms with Crippen LogP contribution in [0, 0.1) is 5.92 Å². The summed E-state index contributed by atoms with van der Waals surface area (Å²) in [5.74, 6) is 1.28. The zero-order chi connectivity index (χ0) is 12.3. The molecule has 1 heterocycles. The Bertz CT molecular complexity index is 384. The zero-order valence-corrected chi connectivity index (χ0v) is 11.6. The molecule has 94 valence electrons. The first kappa shape index (κ1) is 12.9. The largest absolute Gasteiger partial charge is 0.496 e. The van der Waals surface area contributed by atoms with Crippen molar-refractivity contribution >= 4 is 15.9 Å². The molecule has 2 rings (SSSR count). The smallest absolute Gasteiger partial charge is 0.133 e. The molecule has 0 saturated carbocycles. The van der Waals surface area contributed by atoms with Gasteiger partial charge in [0.25, 0.3) is 0 Å². The summed E-state index contributed by atoms with van der Waals surface area (Å²) in [6.45, 7) is 1.56. The van der Waals surface area contributed by atoms with Crippen molar-refractivity contribution < 1.29 is 9.47 Å². The molecule has 0 radical (unpaired) electrons. The highest BCUT2D eigenvalue weighted by Gasteiger charge is 2.22. The molecule has 1 saturated heterocycles. The van der Waals surface area contributed by atoms with Gasteiger partial charge < -0.3 is 15.2 Å². The number of hydrogen-bond acceptors (Lipinski definition) is 3. The van der Waals surface area contributed by atoms with Gasteiger partial charge >= 0.3 is 0 Å². The summed E-state index contributed by atoms with van der Waals surface area (Å²) in [6, 6.07) is 6.42. The molecule has 1 aromatic carbocycles. The molecule has 2 unspecified atom stereocenters. The van der Waals surface area contributed by atoms with Crippen LogP contribution in [-0.2, 0) is 11.2 Å². The third kappa shape index (κ3) is 3.21. The molecule has 2 N–H and O–H groups in total. The average Bonchev–Trinajstić information content (AvgIpc) is 2.32. The lowest BCUT2D eigenvalue weighted by Crippen LogP contribution is -2.39. The van der Waals surface area contributed by atoms with Crippen molar-refractivity contribution in [2.24, 2.45) is 11.7 Å². The molecule has 1 aliphatic rings. The van der Waals surface area contributed by atoms with Gasteiger partial charge in [0.1, 0.15) is 5.75 Å². The van der Waals surface area contributed by atoms with E-state index in [0.717, 1.165) is 36.3 Å². The molecular formula is C13H18BrNO2. The topological polar surface area (TPSA) is 44.5 Å². The van der Waals surface area contributed by atoms with E-state index in [4.69, 9.17) is 15.2 Å². The quantitative estimate of drug-likeness (QED) is 0.932. The first-order valence-electron chi connectivity index (χ1n) is 5.86. The van der Waals surface area contributed by atoms with E-state index in [0.29, 0.717) is 5.92 Å². The fourth-order valence-electron chi connectivity index (χ4n) is 2.16. The fourth-order valence-corrected chi connectivity index (χ4v) is 2.75. The van der Waals surface area contributed by atoms with E-state index in [2.05, 4.69) is 28.1 Å². The zero-order valence-electron chi connectivity index (χ0n) is 9.99. The van der Waals surface area contributed by atoms with Crippen LogP contribution in [0.1, 0.15) is 12.0 Å². The summed E-state index contributed by atoms with van der Waals surface area (Å²) in [4.78, 5) is 0. The van der Waals surface area contributed by atoms with Crippen molar-refractivity contribution in [2.45, 2.75) is 18.9 Å². The molecule has 0 spiro atoms. The second-order valence-corrected chi connectivity index (χ2v) is 5.31. The number of nitrogens with two attached hydrogens (primary N) is 1. The Kier molecular flexibility index (Phi) is 4.42. The third-order valence-corrected chi connectivity index (χ3v) is 3.87. The first-order valence-corrected chi connectivity index (χ1v) is 6.65. The van der Waals surface area contributed by atoms with E-state index < -0.39 is 0 Å². The van der Waals surface area contributed by atoms with Crippen molar-refractivity contribution in [1.29, 1.82) is 0 Å². The summed E-state index contributed by atoms with van der Waals surface area (Å²) in [6.07, 6.45) is 1.92. The van der Waals surface area contributed by atoms with Crippen LogP contribution in [0.5, 0.6) is 5.75 Å². The molecule has 1 aromatic rings. The number of rotatable bonds is 3. The van der Waals surface area contributed by atoms with Gasteiger partial charge in [-0.1, -0.05) is 6.07 Å². The van der Waals surface area contributed by atoms with Crippen molar-refractivity contribution in [1.82, 2.24) is 0 Å². The average molecular weight is 300 g/mol. The monoisotopic (exact) mass is 299 g/mol. The molecule has 3 nitrogen and oxygen atoms in total. The third-order valence-electron chi connectivity index (χ3n) is 3.25. The lowest BCUT2D eigenvalue weighted by Gasteiger charge is -2.28. The van der Waals surface area contributed by atoms with Gasteiger partial charge in [-0.2, -0.15) is 0 Å². The summed E-state index contributed by atoms with van der Waals surface area (Å²) in [5, 5.41) is 0. The van der Waals surface area contributed by atoms with Gasteiger partial charge in [0.2, 0.25) is 0 Å². The maximum atomic E-state index is 6.10. The van der Waals surface area contributed by atoms with E-state index >= 15 is 0 Å². The second-order valence-electron chi connectivity index (χ2n) is 4.46. The molecule has 17 heavy (non-hydrogen) atoms. The Hall–Kier alpha value is -0.580. The Labute approximate surface area is 110 Å². The molecule has 1 fully saturated rings. The van der Waals surface area contributed by atoms with Crippen LogP contribution in [0.25, 0.3) is 0 Å². The number of methoxy groups -OCH3 is 1. The predicted octanol–water partition coefficient (Wildman–Crippen LogP) is 2.36. The van der Waals surface area contributed by atoms with Gasteiger partial charge in [-0.15, -0.1) is 0 Å². The van der Waals surface area contributed by atoms with Crippen LogP contribution in [-0.4, -0.2) is 26.4 Å². The molecule has 0 aliphatic carbocycles. The maximum absolute atomic E-state index is 6.10. The van der Waals surface area contributed by atoms with E-state index in [1.165, 1.54) is 5.56 Å². The minimum Gasteiger partial charge on any atom is -0.496 e. The number of halogens is 1. The highest BCUT2D eigenvalue weighted by atomic mass is 79.9. The Morgan fingerprint density at radius 3 is 3.00 bits per heavy atom. The summed E-state index contributed by atoms with van der Waals surface area (Å²) >= 11 is 3.50. The van der Waals surface area contributed by atoms with Crippen LogP contribution in [0.4, 0.5) is 0 Å². The Morgan fingerprint density at radius 2 is 2.35 bits per heavy atom. The summed E-state index contributed by atoms with van der Waals surface area (Å²) < 4.78 is 11.7. The van der Waals surface area contributed by atoms with Crippen LogP contribution in [0.3, 0.4) is 0 Å². The number of benzene rings is 1. The molecule has 0 amide bonds. The fraction of sp³-hybridized carbons (Fsp3) is 0.538. The van der Waals surface area contributed by atoms with E-state index in [9.17, 15) is 0 Å². The minimum absolute atomic E-state index is 0.254. The molecule has 4 heteroatoms. The SMILES string of the molecule is COc1ccc(CC2COCCC2N)cc1Br. The van der Waals surface area contributed by atoms with Crippen molar-refractivity contribution in [3.63, 3.8) is 0 Å². The van der Waals surface area contributed by atoms with Crippen LogP contribution in [0.15, 0.2) is 22.7 Å². The van der Waals surface area contributed by atoms with Crippen LogP contribution < -0.4 is 10.5 Å². The van der Waals surface area contributed by atoms with Gasteiger partial charge in [0.05, 0.1) is 18.2 Å². The first-order chi connectivity index (χ1) is 8.20. The standard InChI is InChI=1S/C13H18BrNO2/c1-16-13-3-2-9(7-11(13)14)6-10-8-17-5-4-12(10)15/h2-3,7,10,12H,4-6,8,15H2,1H3. The van der Waals surface area contributed by atoms with E-state index in [1.54, 1.807) is 7.11 Å². The molecule has 0 bridgehead atoms. The van der Waals surface area contributed by atoms with Crippen molar-refractivity contribution in [2.75, 3.05) is 20.3 Å². The molecule has 0 aromatic heterocycles. The van der Waals surface area contributed by atoms with Gasteiger partial charge in [0, 0.05) is 18.6 Å². The van der Waals surface area contributed by atoms with Crippen LogP contribution >= 0.6 is 15.9 Å². The second kappa shape index (κ2) is 5.85. The van der Waals surface area contributed by atoms with Gasteiger partial charge in [0.15, 0.2) is 0 Å². The van der Waals surface area contributed by atoms with Gasteiger partial charge in [-0.3, -0.25) is 0 Å². The summed E-state index contributed by atoms with van der Waals surface area (Å²) in [5.41, 5.74) is 7.37. The Morgan fingerprint density at radius 1 is 1.53 bits per heavy atom. The summed E-state index contributed by atoms with van der Waals surface area (Å²) in [7, 11) is 1.67. The van der Waals surface area contributed by atoms with Crippen LogP contribution in [0.2, 0.25) is 0 Å². The lowest BCUT2D eigenvalue weighted by molar-refractivity contribution is 0.0422.